The van der Waals surface area contributed by atoms with Gasteiger partial charge in [-0.2, -0.15) is 0 Å². The molecular weight excluding hydrogens is 238 g/mol. The third-order valence-corrected chi connectivity index (χ3v) is 2.76. The normalized spacial score (nSPS) is 10.1. The zero-order valence-corrected chi connectivity index (χ0v) is 10.3. The molecule has 0 aliphatic carbocycles. The van der Waals surface area contributed by atoms with E-state index < -0.39 is 0 Å². The molecule has 1 heterocycles. The summed E-state index contributed by atoms with van der Waals surface area (Å²) in [5, 5.41) is 3.61. The van der Waals surface area contributed by atoms with Crippen molar-refractivity contribution in [3.63, 3.8) is 0 Å². The fourth-order valence-corrected chi connectivity index (χ4v) is 1.56. The van der Waals surface area contributed by atoms with E-state index in [1.807, 2.05) is 31.2 Å². The van der Waals surface area contributed by atoms with Crippen LogP contribution < -0.4 is 10.1 Å². The summed E-state index contributed by atoms with van der Waals surface area (Å²) in [5.41, 5.74) is 1.65. The zero-order valence-electron chi connectivity index (χ0n) is 9.57. The summed E-state index contributed by atoms with van der Waals surface area (Å²) >= 11 is 5.93. The maximum atomic E-state index is 5.93. The average Bonchev–Trinajstić information content (AvgIpc) is 2.35. The molecule has 5 heteroatoms. The van der Waals surface area contributed by atoms with Crippen LogP contribution in [0.25, 0.3) is 0 Å². The van der Waals surface area contributed by atoms with Gasteiger partial charge in [0, 0.05) is 5.56 Å². The number of anilines is 2. The Labute approximate surface area is 105 Å². The number of hydrogen-bond acceptors (Lipinski definition) is 4. The minimum absolute atomic E-state index is 0.442. The highest BCUT2D eigenvalue weighted by molar-refractivity contribution is 6.30. The highest BCUT2D eigenvalue weighted by Gasteiger charge is 2.07. The van der Waals surface area contributed by atoms with Crippen molar-refractivity contribution in [2.45, 2.75) is 6.92 Å². The highest BCUT2D eigenvalue weighted by atomic mass is 35.5. The molecule has 0 aliphatic rings. The first kappa shape index (κ1) is 11.7. The molecule has 4 nitrogen and oxygen atoms in total. The molecule has 0 radical (unpaired) electrons. The molecule has 1 aromatic carbocycles. The Morgan fingerprint density at radius 3 is 2.76 bits per heavy atom. The van der Waals surface area contributed by atoms with E-state index in [9.17, 15) is 0 Å². The number of aromatic nitrogens is 2. The molecule has 0 saturated heterocycles. The van der Waals surface area contributed by atoms with Crippen LogP contribution in [-0.2, 0) is 0 Å². The van der Waals surface area contributed by atoms with Crippen LogP contribution in [0.5, 0.6) is 5.75 Å². The summed E-state index contributed by atoms with van der Waals surface area (Å²) in [4.78, 5) is 8.05. The van der Waals surface area contributed by atoms with E-state index in [4.69, 9.17) is 16.3 Å². The van der Waals surface area contributed by atoms with Crippen molar-refractivity contribution in [1.29, 1.82) is 0 Å². The van der Waals surface area contributed by atoms with Crippen molar-refractivity contribution in [3.05, 3.63) is 41.3 Å². The topological polar surface area (TPSA) is 47.0 Å². The maximum Gasteiger partial charge on any atom is 0.142 e. The van der Waals surface area contributed by atoms with Crippen LogP contribution >= 0.6 is 11.6 Å². The molecule has 1 aromatic heterocycles. The van der Waals surface area contributed by atoms with Gasteiger partial charge in [0.15, 0.2) is 0 Å². The Bertz CT molecular complexity index is 531. The van der Waals surface area contributed by atoms with Gasteiger partial charge in [0.05, 0.1) is 12.8 Å². The van der Waals surface area contributed by atoms with E-state index in [0.717, 1.165) is 17.0 Å². The molecule has 0 aliphatic heterocycles. The van der Waals surface area contributed by atoms with Crippen LogP contribution in [0.15, 0.2) is 30.6 Å². The van der Waals surface area contributed by atoms with Gasteiger partial charge in [-0.05, 0) is 19.1 Å². The molecule has 0 bridgehead atoms. The van der Waals surface area contributed by atoms with Gasteiger partial charge in [-0.1, -0.05) is 23.7 Å². The van der Waals surface area contributed by atoms with E-state index >= 15 is 0 Å². The lowest BCUT2D eigenvalue weighted by Gasteiger charge is -2.11. The van der Waals surface area contributed by atoms with Crippen molar-refractivity contribution in [3.8, 4) is 5.75 Å². The largest absolute Gasteiger partial charge is 0.495 e. The average molecular weight is 250 g/mol. The summed E-state index contributed by atoms with van der Waals surface area (Å²) in [7, 11) is 1.63. The van der Waals surface area contributed by atoms with Crippen molar-refractivity contribution in [2.75, 3.05) is 12.4 Å². The van der Waals surface area contributed by atoms with Gasteiger partial charge >= 0.3 is 0 Å². The molecule has 0 spiro atoms. The molecule has 2 aromatic rings. The van der Waals surface area contributed by atoms with E-state index in [-0.39, 0.29) is 0 Å². The predicted octanol–water partition coefficient (Wildman–Crippen LogP) is 3.19. The van der Waals surface area contributed by atoms with Crippen LogP contribution in [-0.4, -0.2) is 17.1 Å². The third-order valence-electron chi connectivity index (χ3n) is 2.38. The van der Waals surface area contributed by atoms with Gasteiger partial charge in [0.25, 0.3) is 0 Å². The molecule has 0 unspecified atom stereocenters. The molecule has 2 rings (SSSR count). The predicted molar refractivity (Wildman–Crippen MR) is 68.1 cm³/mol. The van der Waals surface area contributed by atoms with E-state index in [2.05, 4.69) is 15.3 Å². The molecular formula is C12H12ClN3O. The Balaban J connectivity index is 2.35. The minimum atomic E-state index is 0.442. The number of halogens is 1. The highest BCUT2D eigenvalue weighted by Crippen LogP contribution is 2.28. The monoisotopic (exact) mass is 249 g/mol. The number of para-hydroxylation sites is 2. The van der Waals surface area contributed by atoms with Crippen molar-refractivity contribution in [2.24, 2.45) is 0 Å². The number of hydrogen-bond donors (Lipinski definition) is 1. The van der Waals surface area contributed by atoms with Crippen LogP contribution in [0.1, 0.15) is 5.56 Å². The molecule has 17 heavy (non-hydrogen) atoms. The van der Waals surface area contributed by atoms with Gasteiger partial charge in [-0.15, -0.1) is 0 Å². The van der Waals surface area contributed by atoms with Gasteiger partial charge < -0.3 is 10.1 Å². The molecule has 0 amide bonds. The SMILES string of the molecule is COc1ccccc1Nc1ncnc(Cl)c1C. The third kappa shape index (κ3) is 2.47. The lowest BCUT2D eigenvalue weighted by molar-refractivity contribution is 0.417. The fourth-order valence-electron chi connectivity index (χ4n) is 1.43. The Hall–Kier alpha value is -1.81. The summed E-state index contributed by atoms with van der Waals surface area (Å²) < 4.78 is 5.25. The number of nitrogens with one attached hydrogen (secondary N) is 1. The standard InChI is InChI=1S/C12H12ClN3O/c1-8-11(13)14-7-15-12(8)16-9-5-3-4-6-10(9)17-2/h3-7H,1-2H3,(H,14,15,16). The molecule has 1 N–H and O–H groups in total. The number of nitrogens with zero attached hydrogens (tertiary/aromatic N) is 2. The minimum Gasteiger partial charge on any atom is -0.495 e. The Morgan fingerprint density at radius 1 is 1.24 bits per heavy atom. The van der Waals surface area contributed by atoms with Crippen LogP contribution in [0.3, 0.4) is 0 Å². The van der Waals surface area contributed by atoms with Gasteiger partial charge in [-0.3, -0.25) is 0 Å². The number of benzene rings is 1. The maximum absolute atomic E-state index is 5.93. The van der Waals surface area contributed by atoms with Crippen LogP contribution in [0.2, 0.25) is 5.15 Å². The molecule has 0 fully saturated rings. The first-order valence-corrected chi connectivity index (χ1v) is 5.47. The van der Waals surface area contributed by atoms with Gasteiger partial charge in [-0.25, -0.2) is 9.97 Å². The smallest absolute Gasteiger partial charge is 0.142 e. The molecule has 0 atom stereocenters. The Morgan fingerprint density at radius 2 is 2.00 bits per heavy atom. The number of ether oxygens (including phenoxy) is 1. The summed E-state index contributed by atoms with van der Waals surface area (Å²) in [6, 6.07) is 7.61. The second kappa shape index (κ2) is 5.01. The van der Waals surface area contributed by atoms with Gasteiger partial charge in [0.2, 0.25) is 0 Å². The van der Waals surface area contributed by atoms with Crippen molar-refractivity contribution in [1.82, 2.24) is 9.97 Å². The lowest BCUT2D eigenvalue weighted by atomic mass is 10.2. The van der Waals surface area contributed by atoms with Crippen LogP contribution in [0.4, 0.5) is 11.5 Å². The quantitative estimate of drug-likeness (QED) is 0.849. The lowest BCUT2D eigenvalue weighted by Crippen LogP contribution is -1.99. The summed E-state index contributed by atoms with van der Waals surface area (Å²) in [6.07, 6.45) is 1.42. The first-order chi connectivity index (χ1) is 8.22. The molecule has 0 saturated carbocycles. The summed E-state index contributed by atoms with van der Waals surface area (Å²) in [6.45, 7) is 1.86. The Kier molecular flexibility index (Phi) is 3.44. The van der Waals surface area contributed by atoms with Crippen molar-refractivity contribution >= 4 is 23.1 Å². The summed E-state index contributed by atoms with van der Waals surface area (Å²) in [5.74, 6) is 1.43. The first-order valence-electron chi connectivity index (χ1n) is 5.09. The second-order valence-corrected chi connectivity index (χ2v) is 3.82. The fraction of sp³-hybridized carbons (Fsp3) is 0.167. The zero-order chi connectivity index (χ0) is 12.3. The van der Waals surface area contributed by atoms with E-state index in [1.54, 1.807) is 7.11 Å². The molecule has 88 valence electrons. The van der Waals surface area contributed by atoms with Crippen molar-refractivity contribution < 1.29 is 4.74 Å². The number of methoxy groups -OCH3 is 1. The van der Waals surface area contributed by atoms with Crippen LogP contribution in [0, 0.1) is 6.92 Å². The second-order valence-electron chi connectivity index (χ2n) is 3.46. The van der Waals surface area contributed by atoms with E-state index in [1.165, 1.54) is 6.33 Å². The number of rotatable bonds is 3. The van der Waals surface area contributed by atoms with Gasteiger partial charge in [0.1, 0.15) is 23.0 Å². The van der Waals surface area contributed by atoms with E-state index in [0.29, 0.717) is 11.0 Å².